The quantitative estimate of drug-likeness (QED) is 0.333. The van der Waals surface area contributed by atoms with Crippen LogP contribution in [0.5, 0.6) is 5.75 Å². The highest BCUT2D eigenvalue weighted by atomic mass is 32.2. The van der Waals surface area contributed by atoms with Gasteiger partial charge in [-0.1, -0.05) is 11.8 Å². The number of hydrogen-bond donors (Lipinski definition) is 2. The van der Waals surface area contributed by atoms with Crippen LogP contribution in [0.15, 0.2) is 29.6 Å². The van der Waals surface area contributed by atoms with Gasteiger partial charge in [0.05, 0.1) is 18.1 Å². The molecule has 25 heavy (non-hydrogen) atoms. The second-order valence-corrected chi connectivity index (χ2v) is 5.52. The number of methoxy groups -OCH3 is 1. The maximum Gasteiger partial charge on any atom is 0.296 e. The average molecular weight is 363 g/mol. The molecule has 2 N–H and O–H groups in total. The fraction of sp³-hybridized carbons (Fsp3) is 0.267. The molecule has 1 aromatic heterocycles. The zero-order valence-corrected chi connectivity index (χ0v) is 14.7. The van der Waals surface area contributed by atoms with Gasteiger partial charge >= 0.3 is 0 Å². The molecule has 0 saturated carbocycles. The van der Waals surface area contributed by atoms with Crippen molar-refractivity contribution < 1.29 is 14.5 Å². The monoisotopic (exact) mass is 363 g/mol. The zero-order valence-electron chi connectivity index (χ0n) is 13.9. The predicted octanol–water partition coefficient (Wildman–Crippen LogP) is 2.61. The number of hydrogen-bond acceptors (Lipinski definition) is 8. The third-order valence-corrected chi connectivity index (χ3v) is 3.75. The Kier molecular flexibility index (Phi) is 6.12. The number of benzene rings is 1. The van der Waals surface area contributed by atoms with Crippen molar-refractivity contribution in [1.82, 2.24) is 15.3 Å². The zero-order chi connectivity index (χ0) is 18.4. The Morgan fingerprint density at radius 3 is 2.80 bits per heavy atom. The van der Waals surface area contributed by atoms with Gasteiger partial charge in [0.15, 0.2) is 5.16 Å². The Labute approximate surface area is 148 Å². The number of nitrogens with one attached hydrogen (secondary N) is 2. The lowest BCUT2D eigenvalue weighted by atomic mass is 10.2. The molecular formula is C15H17N5O4S. The molecule has 0 unspecified atom stereocenters. The molecule has 0 bridgehead atoms. The predicted molar refractivity (Wildman–Crippen MR) is 94.8 cm³/mol. The molecule has 1 amide bonds. The number of amides is 1. The normalized spacial score (nSPS) is 10.2. The molecule has 0 atom stereocenters. The summed E-state index contributed by atoms with van der Waals surface area (Å²) in [5.74, 6) is 0.182. The number of thioether (sulfide) groups is 1. The van der Waals surface area contributed by atoms with Crippen LogP contribution >= 0.6 is 11.8 Å². The Morgan fingerprint density at radius 2 is 2.20 bits per heavy atom. The number of aromatic nitrogens is 2. The van der Waals surface area contributed by atoms with Crippen molar-refractivity contribution in [3.05, 3.63) is 40.1 Å². The third-order valence-electron chi connectivity index (χ3n) is 3.19. The first-order chi connectivity index (χ1) is 12.0. The van der Waals surface area contributed by atoms with Crippen LogP contribution in [0.1, 0.15) is 17.3 Å². The Bertz CT molecular complexity index is 799. The van der Waals surface area contributed by atoms with Gasteiger partial charge in [0.25, 0.3) is 11.6 Å². The summed E-state index contributed by atoms with van der Waals surface area (Å²) in [4.78, 5) is 31.3. The summed E-state index contributed by atoms with van der Waals surface area (Å²) in [5, 5.41) is 17.3. The number of carbonyl (C=O) groups excluding carboxylic acids is 1. The van der Waals surface area contributed by atoms with Gasteiger partial charge in [-0.2, -0.15) is 0 Å². The molecule has 0 fully saturated rings. The summed E-state index contributed by atoms with van der Waals surface area (Å²) in [6.45, 7) is 2.22. The molecule has 9 nitrogen and oxygen atoms in total. The molecule has 0 saturated heterocycles. The fourth-order valence-corrected chi connectivity index (χ4v) is 2.34. The van der Waals surface area contributed by atoms with E-state index in [0.717, 1.165) is 0 Å². The van der Waals surface area contributed by atoms with E-state index in [2.05, 4.69) is 20.6 Å². The number of nitrogens with zero attached hydrogens (tertiary/aromatic N) is 3. The van der Waals surface area contributed by atoms with Gasteiger partial charge in [-0.15, -0.1) is 0 Å². The van der Waals surface area contributed by atoms with Gasteiger partial charge in [0.1, 0.15) is 22.8 Å². The molecule has 0 spiro atoms. The lowest BCUT2D eigenvalue weighted by Crippen LogP contribution is -2.24. The van der Waals surface area contributed by atoms with Gasteiger partial charge in [0, 0.05) is 12.7 Å². The average Bonchev–Trinajstić information content (AvgIpc) is 2.61. The lowest BCUT2D eigenvalue weighted by Gasteiger charge is -2.12. The van der Waals surface area contributed by atoms with E-state index in [-0.39, 0.29) is 28.7 Å². The van der Waals surface area contributed by atoms with Gasteiger partial charge in [-0.25, -0.2) is 9.97 Å². The van der Waals surface area contributed by atoms with Crippen LogP contribution in [-0.4, -0.2) is 40.7 Å². The molecule has 132 valence electrons. The molecular weight excluding hydrogens is 346 g/mol. The van der Waals surface area contributed by atoms with Crippen LogP contribution in [0.2, 0.25) is 0 Å². The topological polar surface area (TPSA) is 119 Å². The summed E-state index contributed by atoms with van der Waals surface area (Å²) in [7, 11) is 1.43. The van der Waals surface area contributed by atoms with Crippen molar-refractivity contribution in [2.24, 2.45) is 0 Å². The van der Waals surface area contributed by atoms with Crippen molar-refractivity contribution in [3.8, 4) is 5.75 Å². The standard InChI is InChI=1S/C15H17N5O4S/c1-4-16-14(21)10-8-17-15(25-3)19-13(10)18-11-6-5-9(24-2)7-12(11)20(22)23/h5-8H,4H2,1-3H3,(H,16,21)(H,17,18,19). The van der Waals surface area contributed by atoms with Crippen LogP contribution in [0, 0.1) is 10.1 Å². The third kappa shape index (κ3) is 4.35. The molecule has 0 aliphatic rings. The number of carbonyl (C=O) groups is 1. The summed E-state index contributed by atoms with van der Waals surface area (Å²) in [5.41, 5.74) is 0.206. The second-order valence-electron chi connectivity index (χ2n) is 4.74. The minimum absolute atomic E-state index is 0.189. The van der Waals surface area contributed by atoms with E-state index in [1.807, 2.05) is 0 Å². The Balaban J connectivity index is 2.48. The van der Waals surface area contributed by atoms with Crippen molar-refractivity contribution in [3.63, 3.8) is 0 Å². The molecule has 2 rings (SSSR count). The van der Waals surface area contributed by atoms with Crippen molar-refractivity contribution in [1.29, 1.82) is 0 Å². The number of nitro groups is 1. The summed E-state index contributed by atoms with van der Waals surface area (Å²) in [6, 6.07) is 4.38. The summed E-state index contributed by atoms with van der Waals surface area (Å²) < 4.78 is 5.02. The highest BCUT2D eigenvalue weighted by molar-refractivity contribution is 7.98. The van der Waals surface area contributed by atoms with E-state index < -0.39 is 4.92 Å². The van der Waals surface area contributed by atoms with E-state index in [1.54, 1.807) is 19.2 Å². The van der Waals surface area contributed by atoms with Gasteiger partial charge in [-0.05, 0) is 25.3 Å². The van der Waals surface area contributed by atoms with Crippen LogP contribution < -0.4 is 15.4 Å². The van der Waals surface area contributed by atoms with E-state index in [4.69, 9.17) is 4.74 Å². The van der Waals surface area contributed by atoms with Crippen molar-refractivity contribution in [2.75, 3.05) is 25.2 Å². The van der Waals surface area contributed by atoms with Crippen LogP contribution in [0.3, 0.4) is 0 Å². The number of anilines is 2. The van der Waals surface area contributed by atoms with Crippen LogP contribution in [0.4, 0.5) is 17.2 Å². The Hall–Kier alpha value is -2.88. The van der Waals surface area contributed by atoms with Gasteiger partial charge < -0.3 is 15.4 Å². The molecule has 1 aromatic carbocycles. The van der Waals surface area contributed by atoms with Gasteiger partial charge in [0.2, 0.25) is 0 Å². The SMILES string of the molecule is CCNC(=O)c1cnc(SC)nc1Nc1ccc(OC)cc1[N+](=O)[O-]. The maximum absolute atomic E-state index is 12.2. The first-order valence-corrected chi connectivity index (χ1v) is 8.51. The second kappa shape index (κ2) is 8.29. The smallest absolute Gasteiger partial charge is 0.296 e. The Morgan fingerprint density at radius 1 is 1.44 bits per heavy atom. The highest BCUT2D eigenvalue weighted by Gasteiger charge is 2.20. The van der Waals surface area contributed by atoms with Crippen LogP contribution in [0.25, 0.3) is 0 Å². The molecule has 1 heterocycles. The van der Waals surface area contributed by atoms with Crippen molar-refractivity contribution in [2.45, 2.75) is 12.1 Å². The van der Waals surface area contributed by atoms with E-state index in [1.165, 1.54) is 37.2 Å². The first kappa shape index (κ1) is 18.5. The molecule has 0 radical (unpaired) electrons. The summed E-state index contributed by atoms with van der Waals surface area (Å²) in [6.07, 6.45) is 3.18. The number of ether oxygens (including phenoxy) is 1. The highest BCUT2D eigenvalue weighted by Crippen LogP contribution is 2.32. The van der Waals surface area contributed by atoms with Gasteiger partial charge in [-0.3, -0.25) is 14.9 Å². The van der Waals surface area contributed by atoms with E-state index >= 15 is 0 Å². The fourth-order valence-electron chi connectivity index (χ4n) is 2.00. The van der Waals surface area contributed by atoms with Crippen molar-refractivity contribution >= 4 is 34.9 Å². The lowest BCUT2D eigenvalue weighted by molar-refractivity contribution is -0.384. The molecule has 2 aromatic rings. The minimum Gasteiger partial charge on any atom is -0.496 e. The van der Waals surface area contributed by atoms with Crippen LogP contribution in [-0.2, 0) is 0 Å². The number of rotatable bonds is 7. The largest absolute Gasteiger partial charge is 0.496 e. The first-order valence-electron chi connectivity index (χ1n) is 7.28. The summed E-state index contributed by atoms with van der Waals surface area (Å²) >= 11 is 1.30. The maximum atomic E-state index is 12.2. The molecule has 10 heteroatoms. The minimum atomic E-state index is -0.534. The molecule has 0 aliphatic heterocycles. The number of nitro benzene ring substituents is 1. The van der Waals surface area contributed by atoms with E-state index in [0.29, 0.717) is 17.5 Å². The molecule has 0 aliphatic carbocycles. The van der Waals surface area contributed by atoms with E-state index in [9.17, 15) is 14.9 Å².